The summed E-state index contributed by atoms with van der Waals surface area (Å²) >= 11 is 1.32. The van der Waals surface area contributed by atoms with Gasteiger partial charge in [-0.3, -0.25) is 14.2 Å². The van der Waals surface area contributed by atoms with Crippen molar-refractivity contribution in [3.8, 4) is 11.4 Å². The Morgan fingerprint density at radius 3 is 2.59 bits per heavy atom. The quantitative estimate of drug-likeness (QED) is 0.301. The lowest BCUT2D eigenvalue weighted by Gasteiger charge is -2.09. The van der Waals surface area contributed by atoms with Gasteiger partial charge < -0.3 is 9.40 Å². The van der Waals surface area contributed by atoms with E-state index >= 15 is 0 Å². The third-order valence-electron chi connectivity index (χ3n) is 5.29. The molecule has 164 valence electrons. The first-order valence-corrected chi connectivity index (χ1v) is 11.2. The molecular formula is C24H24N4O3S. The number of aromatic nitrogens is 4. The van der Waals surface area contributed by atoms with E-state index in [9.17, 15) is 9.59 Å². The van der Waals surface area contributed by atoms with Crippen LogP contribution < -0.4 is 0 Å². The van der Waals surface area contributed by atoms with Crippen LogP contribution in [0.2, 0.25) is 0 Å². The first-order valence-electron chi connectivity index (χ1n) is 10.2. The maximum atomic E-state index is 12.9. The van der Waals surface area contributed by atoms with Gasteiger partial charge >= 0.3 is 0 Å². The molecule has 3 aromatic heterocycles. The minimum Gasteiger partial charge on any atom is -0.467 e. The van der Waals surface area contributed by atoms with E-state index in [-0.39, 0.29) is 17.3 Å². The molecule has 4 aromatic rings. The smallest absolute Gasteiger partial charge is 0.192 e. The standard InChI is InChI=1S/C24H24N4O3S/c1-14-7-5-8-18(11-14)23-26-27-24(28(23)12-19-9-6-10-31-19)32-13-20(30)22-15(2)21(17(4)29)16(3)25-22/h5-11,25H,12-13H2,1-4H3. The highest BCUT2D eigenvalue weighted by atomic mass is 32.2. The average molecular weight is 449 g/mol. The van der Waals surface area contributed by atoms with Crippen LogP contribution in [-0.4, -0.2) is 37.1 Å². The van der Waals surface area contributed by atoms with Crippen LogP contribution in [0.1, 0.15) is 50.4 Å². The predicted octanol–water partition coefficient (Wildman–Crippen LogP) is 5.02. The molecule has 0 fully saturated rings. The average Bonchev–Trinajstić information content (AvgIpc) is 3.46. The molecule has 0 radical (unpaired) electrons. The van der Waals surface area contributed by atoms with Crippen LogP contribution in [0.3, 0.4) is 0 Å². The summed E-state index contributed by atoms with van der Waals surface area (Å²) in [4.78, 5) is 27.9. The molecule has 7 nitrogen and oxygen atoms in total. The minimum atomic E-state index is -0.0900. The second kappa shape index (κ2) is 9.00. The SMILES string of the molecule is CC(=O)c1c(C)[nH]c(C(=O)CSc2nnc(-c3cccc(C)c3)n2Cc2ccco2)c1C. The summed E-state index contributed by atoms with van der Waals surface area (Å²) in [5.74, 6) is 1.51. The number of hydrogen-bond acceptors (Lipinski definition) is 6. The molecule has 0 saturated heterocycles. The van der Waals surface area contributed by atoms with E-state index in [1.54, 1.807) is 13.2 Å². The van der Waals surface area contributed by atoms with Gasteiger partial charge in [-0.05, 0) is 51.5 Å². The second-order valence-electron chi connectivity index (χ2n) is 7.73. The van der Waals surface area contributed by atoms with Crippen molar-refractivity contribution in [2.45, 2.75) is 39.4 Å². The molecule has 3 heterocycles. The van der Waals surface area contributed by atoms with Crippen molar-refractivity contribution >= 4 is 23.3 Å². The number of furan rings is 1. The van der Waals surface area contributed by atoms with Crippen molar-refractivity contribution < 1.29 is 14.0 Å². The summed E-state index contributed by atoms with van der Waals surface area (Å²) in [6.07, 6.45) is 1.63. The van der Waals surface area contributed by atoms with E-state index in [1.165, 1.54) is 18.7 Å². The lowest BCUT2D eigenvalue weighted by molar-refractivity contribution is 0.101. The lowest BCUT2D eigenvalue weighted by Crippen LogP contribution is -2.08. The second-order valence-corrected chi connectivity index (χ2v) is 8.68. The molecule has 0 unspecified atom stereocenters. The van der Waals surface area contributed by atoms with Gasteiger partial charge in [-0.1, -0.05) is 35.5 Å². The summed E-state index contributed by atoms with van der Waals surface area (Å²) in [5, 5.41) is 9.39. The zero-order valence-corrected chi connectivity index (χ0v) is 19.2. The van der Waals surface area contributed by atoms with Crippen LogP contribution in [-0.2, 0) is 6.54 Å². The molecule has 8 heteroatoms. The number of rotatable bonds is 8. The molecule has 0 aliphatic rings. The third kappa shape index (κ3) is 4.31. The van der Waals surface area contributed by atoms with E-state index in [0.717, 1.165) is 16.9 Å². The van der Waals surface area contributed by atoms with E-state index in [2.05, 4.69) is 21.2 Å². The molecule has 1 aromatic carbocycles. The molecule has 0 aliphatic heterocycles. The van der Waals surface area contributed by atoms with Crippen molar-refractivity contribution in [3.05, 3.63) is 76.5 Å². The summed E-state index contributed by atoms with van der Waals surface area (Å²) in [7, 11) is 0. The number of Topliss-reactive ketones (excluding diaryl/α,β-unsaturated/α-hetero) is 2. The van der Waals surface area contributed by atoms with Crippen LogP contribution in [0.5, 0.6) is 0 Å². The van der Waals surface area contributed by atoms with E-state index in [1.807, 2.05) is 48.7 Å². The zero-order chi connectivity index (χ0) is 22.8. The molecule has 0 aliphatic carbocycles. The van der Waals surface area contributed by atoms with Crippen LogP contribution in [0.15, 0.2) is 52.2 Å². The van der Waals surface area contributed by atoms with Gasteiger partial charge in [-0.15, -0.1) is 10.2 Å². The Hall–Kier alpha value is -3.39. The molecule has 0 saturated carbocycles. The fourth-order valence-corrected chi connectivity index (χ4v) is 4.66. The number of H-pyrrole nitrogens is 1. The Kier molecular flexibility index (Phi) is 6.14. The highest BCUT2D eigenvalue weighted by Gasteiger charge is 2.22. The molecule has 0 atom stereocenters. The Morgan fingerprint density at radius 1 is 1.12 bits per heavy atom. The van der Waals surface area contributed by atoms with Crippen LogP contribution in [0.25, 0.3) is 11.4 Å². The van der Waals surface area contributed by atoms with Crippen molar-refractivity contribution in [1.82, 2.24) is 19.7 Å². The number of aryl methyl sites for hydroxylation is 2. The van der Waals surface area contributed by atoms with Crippen molar-refractivity contribution in [2.24, 2.45) is 0 Å². The number of nitrogens with one attached hydrogen (secondary N) is 1. The summed E-state index contributed by atoms with van der Waals surface area (Å²) < 4.78 is 7.49. The maximum Gasteiger partial charge on any atom is 0.192 e. The van der Waals surface area contributed by atoms with E-state index in [4.69, 9.17) is 4.42 Å². The maximum absolute atomic E-state index is 12.9. The molecule has 1 N–H and O–H groups in total. The monoisotopic (exact) mass is 448 g/mol. The number of benzene rings is 1. The van der Waals surface area contributed by atoms with Gasteiger partial charge in [-0.25, -0.2) is 0 Å². The van der Waals surface area contributed by atoms with Crippen LogP contribution in [0.4, 0.5) is 0 Å². The topological polar surface area (TPSA) is 93.8 Å². The predicted molar refractivity (Wildman–Crippen MR) is 123 cm³/mol. The number of hydrogen-bond donors (Lipinski definition) is 1. The summed E-state index contributed by atoms with van der Waals surface area (Å²) in [6, 6.07) is 11.8. The van der Waals surface area contributed by atoms with Crippen molar-refractivity contribution in [1.29, 1.82) is 0 Å². The Bertz CT molecular complexity index is 1280. The van der Waals surface area contributed by atoms with Gasteiger partial charge in [0, 0.05) is 16.8 Å². The van der Waals surface area contributed by atoms with Gasteiger partial charge in [0.2, 0.25) is 0 Å². The zero-order valence-electron chi connectivity index (χ0n) is 18.4. The minimum absolute atomic E-state index is 0.0519. The molecule has 32 heavy (non-hydrogen) atoms. The number of aromatic amines is 1. The molecule has 0 bridgehead atoms. The molecule has 4 rings (SSSR count). The Labute approximate surface area is 190 Å². The number of carbonyl (C=O) groups is 2. The van der Waals surface area contributed by atoms with Crippen molar-refractivity contribution in [3.63, 3.8) is 0 Å². The normalized spacial score (nSPS) is 11.1. The van der Waals surface area contributed by atoms with Gasteiger partial charge in [0.25, 0.3) is 0 Å². The third-order valence-corrected chi connectivity index (χ3v) is 6.25. The number of nitrogens with zero attached hydrogens (tertiary/aromatic N) is 3. The first-order chi connectivity index (χ1) is 15.3. The summed E-state index contributed by atoms with van der Waals surface area (Å²) in [6.45, 7) is 7.60. The highest BCUT2D eigenvalue weighted by molar-refractivity contribution is 7.99. The fourth-order valence-electron chi connectivity index (χ4n) is 3.85. The largest absolute Gasteiger partial charge is 0.467 e. The van der Waals surface area contributed by atoms with E-state index in [0.29, 0.717) is 40.0 Å². The Morgan fingerprint density at radius 2 is 1.94 bits per heavy atom. The van der Waals surface area contributed by atoms with Gasteiger partial charge in [0.1, 0.15) is 5.76 Å². The van der Waals surface area contributed by atoms with Gasteiger partial charge in [-0.2, -0.15) is 0 Å². The Balaban J connectivity index is 1.62. The number of thioether (sulfide) groups is 1. The number of ketones is 2. The molecule has 0 amide bonds. The van der Waals surface area contributed by atoms with Crippen LogP contribution in [0, 0.1) is 20.8 Å². The molecular weight excluding hydrogens is 424 g/mol. The number of carbonyl (C=O) groups excluding carboxylic acids is 2. The van der Waals surface area contributed by atoms with Gasteiger partial charge in [0.05, 0.1) is 24.3 Å². The highest BCUT2D eigenvalue weighted by Crippen LogP contribution is 2.27. The summed E-state index contributed by atoms with van der Waals surface area (Å²) in [5.41, 5.74) is 4.53. The van der Waals surface area contributed by atoms with Crippen LogP contribution >= 0.6 is 11.8 Å². The fraction of sp³-hybridized carbons (Fsp3) is 0.250. The lowest BCUT2D eigenvalue weighted by atomic mass is 10.1. The van der Waals surface area contributed by atoms with Gasteiger partial charge in [0.15, 0.2) is 22.5 Å². The van der Waals surface area contributed by atoms with Crippen molar-refractivity contribution in [2.75, 3.05) is 5.75 Å². The first kappa shape index (κ1) is 21.8. The van der Waals surface area contributed by atoms with E-state index < -0.39 is 0 Å². The molecule has 0 spiro atoms.